The van der Waals surface area contributed by atoms with Crippen LogP contribution in [0, 0.1) is 11.8 Å². The first-order valence-electron chi connectivity index (χ1n) is 5.90. The molecule has 0 aliphatic heterocycles. The van der Waals surface area contributed by atoms with Gasteiger partial charge in [-0.3, -0.25) is 4.79 Å². The van der Waals surface area contributed by atoms with Gasteiger partial charge in [-0.1, -0.05) is 27.7 Å². The van der Waals surface area contributed by atoms with E-state index in [2.05, 4.69) is 15.4 Å². The fourth-order valence-electron chi connectivity index (χ4n) is 1.63. The molecule has 0 bridgehead atoms. The van der Waals surface area contributed by atoms with Gasteiger partial charge in [0.15, 0.2) is 0 Å². The molecular weight excluding hydrogens is 220 g/mol. The normalized spacial score (nSPS) is 14.6. The Morgan fingerprint density at radius 3 is 1.76 bits per heavy atom. The van der Waals surface area contributed by atoms with Gasteiger partial charge < -0.3 is 15.4 Å². The Kier molecular flexibility index (Phi) is 6.80. The number of esters is 1. The minimum atomic E-state index is -0.595. The quantitative estimate of drug-likeness (QED) is 0.669. The summed E-state index contributed by atoms with van der Waals surface area (Å²) in [7, 11) is 3.05. The van der Waals surface area contributed by atoms with Gasteiger partial charge in [0.2, 0.25) is 5.91 Å². The standard InChI is InChI=1S/C12H24N2O3/c1-7(2)9(13-5)11(15)14-10(8(3)4)12(16)17-6/h7-10,13H,1-6H3,(H,14,15)/t9-,10+/m1/s1. The lowest BCUT2D eigenvalue weighted by Crippen LogP contribution is -2.53. The van der Waals surface area contributed by atoms with Crippen LogP contribution in [0.1, 0.15) is 27.7 Å². The van der Waals surface area contributed by atoms with E-state index < -0.39 is 12.0 Å². The summed E-state index contributed by atoms with van der Waals surface area (Å²) in [5.74, 6) is -0.430. The molecule has 0 fully saturated rings. The molecule has 0 aliphatic rings. The Balaban J connectivity index is 4.65. The first-order valence-corrected chi connectivity index (χ1v) is 5.90. The van der Waals surface area contributed by atoms with E-state index in [1.165, 1.54) is 7.11 Å². The molecule has 0 saturated heterocycles. The van der Waals surface area contributed by atoms with Gasteiger partial charge in [0.25, 0.3) is 0 Å². The zero-order chi connectivity index (χ0) is 13.6. The smallest absolute Gasteiger partial charge is 0.328 e. The number of hydrogen-bond acceptors (Lipinski definition) is 4. The molecule has 0 saturated carbocycles. The largest absolute Gasteiger partial charge is 0.467 e. The van der Waals surface area contributed by atoms with Crippen molar-refractivity contribution in [3.8, 4) is 0 Å². The highest BCUT2D eigenvalue weighted by Crippen LogP contribution is 2.06. The van der Waals surface area contributed by atoms with E-state index in [1.54, 1.807) is 7.05 Å². The molecule has 0 aliphatic carbocycles. The van der Waals surface area contributed by atoms with E-state index in [0.717, 1.165) is 0 Å². The number of rotatable bonds is 6. The number of likely N-dealkylation sites (N-methyl/N-ethyl adjacent to an activating group) is 1. The van der Waals surface area contributed by atoms with Gasteiger partial charge in [-0.15, -0.1) is 0 Å². The van der Waals surface area contributed by atoms with Crippen LogP contribution in [0.15, 0.2) is 0 Å². The predicted molar refractivity (Wildman–Crippen MR) is 66.5 cm³/mol. The average Bonchev–Trinajstić information content (AvgIpc) is 2.24. The van der Waals surface area contributed by atoms with Gasteiger partial charge in [0, 0.05) is 0 Å². The van der Waals surface area contributed by atoms with Crippen LogP contribution in [-0.4, -0.2) is 38.1 Å². The first-order chi connectivity index (χ1) is 7.84. The van der Waals surface area contributed by atoms with Crippen molar-refractivity contribution in [2.24, 2.45) is 11.8 Å². The van der Waals surface area contributed by atoms with Gasteiger partial charge >= 0.3 is 5.97 Å². The summed E-state index contributed by atoms with van der Waals surface area (Å²) >= 11 is 0. The van der Waals surface area contributed by atoms with Gasteiger partial charge in [0.05, 0.1) is 13.2 Å². The van der Waals surface area contributed by atoms with Crippen molar-refractivity contribution in [3.63, 3.8) is 0 Å². The fraction of sp³-hybridized carbons (Fsp3) is 0.833. The highest BCUT2D eigenvalue weighted by Gasteiger charge is 2.28. The summed E-state index contributed by atoms with van der Waals surface area (Å²) in [5.41, 5.74) is 0. The van der Waals surface area contributed by atoms with Crippen molar-refractivity contribution in [3.05, 3.63) is 0 Å². The minimum Gasteiger partial charge on any atom is -0.467 e. The second-order valence-electron chi connectivity index (χ2n) is 4.76. The van der Waals surface area contributed by atoms with Crippen LogP contribution < -0.4 is 10.6 Å². The Hall–Kier alpha value is -1.10. The molecule has 0 radical (unpaired) electrons. The second kappa shape index (κ2) is 7.27. The lowest BCUT2D eigenvalue weighted by Gasteiger charge is -2.25. The van der Waals surface area contributed by atoms with Crippen molar-refractivity contribution in [1.82, 2.24) is 10.6 Å². The number of amides is 1. The third-order valence-corrected chi connectivity index (χ3v) is 2.68. The predicted octanol–water partition coefficient (Wildman–Crippen LogP) is 0.544. The third-order valence-electron chi connectivity index (χ3n) is 2.68. The SMILES string of the molecule is CN[C@@H](C(=O)N[C@H](C(=O)OC)C(C)C)C(C)C. The van der Waals surface area contributed by atoms with Crippen LogP contribution in [0.2, 0.25) is 0 Å². The molecule has 17 heavy (non-hydrogen) atoms. The molecule has 5 nitrogen and oxygen atoms in total. The summed E-state index contributed by atoms with van der Waals surface area (Å²) in [4.78, 5) is 23.5. The maximum atomic E-state index is 12.0. The van der Waals surface area contributed by atoms with Gasteiger partial charge in [0.1, 0.15) is 6.04 Å². The van der Waals surface area contributed by atoms with Crippen molar-refractivity contribution < 1.29 is 14.3 Å². The lowest BCUT2D eigenvalue weighted by atomic mass is 10.0. The molecular formula is C12H24N2O3. The van der Waals surface area contributed by atoms with E-state index in [0.29, 0.717) is 0 Å². The van der Waals surface area contributed by atoms with Gasteiger partial charge in [-0.25, -0.2) is 4.79 Å². The molecule has 0 unspecified atom stereocenters. The molecule has 0 aromatic heterocycles. The van der Waals surface area contributed by atoms with Crippen LogP contribution in [0.25, 0.3) is 0 Å². The molecule has 0 aromatic rings. The van der Waals surface area contributed by atoms with Crippen LogP contribution in [0.3, 0.4) is 0 Å². The van der Waals surface area contributed by atoms with Crippen molar-refractivity contribution in [1.29, 1.82) is 0 Å². The molecule has 0 heterocycles. The van der Waals surface area contributed by atoms with Crippen molar-refractivity contribution in [2.75, 3.05) is 14.2 Å². The van der Waals surface area contributed by atoms with Crippen LogP contribution in [-0.2, 0) is 14.3 Å². The summed E-state index contributed by atoms with van der Waals surface area (Å²) in [5, 5.41) is 5.66. The monoisotopic (exact) mass is 244 g/mol. The van der Waals surface area contributed by atoms with Crippen LogP contribution in [0.5, 0.6) is 0 Å². The molecule has 2 atom stereocenters. The molecule has 0 spiro atoms. The van der Waals surface area contributed by atoms with E-state index in [4.69, 9.17) is 0 Å². The molecule has 0 rings (SSSR count). The number of carbonyl (C=O) groups excluding carboxylic acids is 2. The number of hydrogen-bond donors (Lipinski definition) is 2. The van der Waals surface area contributed by atoms with Crippen molar-refractivity contribution in [2.45, 2.75) is 39.8 Å². The van der Waals surface area contributed by atoms with E-state index in [1.807, 2.05) is 27.7 Å². The molecule has 5 heteroatoms. The summed E-state index contributed by atoms with van der Waals surface area (Å²) in [6, 6.07) is -0.900. The third kappa shape index (κ3) is 4.73. The molecule has 2 N–H and O–H groups in total. The maximum Gasteiger partial charge on any atom is 0.328 e. The Morgan fingerprint density at radius 1 is 1.00 bits per heavy atom. The molecule has 100 valence electrons. The van der Waals surface area contributed by atoms with E-state index >= 15 is 0 Å². The molecule has 1 amide bonds. The average molecular weight is 244 g/mol. The van der Waals surface area contributed by atoms with Crippen molar-refractivity contribution >= 4 is 11.9 Å². The number of nitrogens with one attached hydrogen (secondary N) is 2. The Bertz CT molecular complexity index is 264. The maximum absolute atomic E-state index is 12.0. The molecule has 0 aromatic carbocycles. The van der Waals surface area contributed by atoms with Gasteiger partial charge in [-0.2, -0.15) is 0 Å². The Labute approximate surface area is 103 Å². The fourth-order valence-corrected chi connectivity index (χ4v) is 1.63. The number of carbonyl (C=O) groups is 2. The number of methoxy groups -OCH3 is 1. The minimum absolute atomic E-state index is 0.00364. The van der Waals surface area contributed by atoms with E-state index in [-0.39, 0.29) is 23.8 Å². The summed E-state index contributed by atoms with van der Waals surface area (Å²) in [6.07, 6.45) is 0. The topological polar surface area (TPSA) is 67.4 Å². The van der Waals surface area contributed by atoms with E-state index in [9.17, 15) is 9.59 Å². The van der Waals surface area contributed by atoms with Crippen LogP contribution in [0.4, 0.5) is 0 Å². The summed E-state index contributed by atoms with van der Waals surface area (Å²) in [6.45, 7) is 7.63. The highest BCUT2D eigenvalue weighted by molar-refractivity contribution is 5.87. The highest BCUT2D eigenvalue weighted by atomic mass is 16.5. The zero-order valence-electron chi connectivity index (χ0n) is 11.5. The Morgan fingerprint density at radius 2 is 1.47 bits per heavy atom. The zero-order valence-corrected chi connectivity index (χ0v) is 11.5. The lowest BCUT2D eigenvalue weighted by molar-refractivity contribution is -0.146. The van der Waals surface area contributed by atoms with Gasteiger partial charge in [-0.05, 0) is 18.9 Å². The first kappa shape index (κ1) is 15.9. The number of ether oxygens (including phenoxy) is 1. The second-order valence-corrected chi connectivity index (χ2v) is 4.76. The van der Waals surface area contributed by atoms with Crippen LogP contribution >= 0.6 is 0 Å². The summed E-state index contributed by atoms with van der Waals surface area (Å²) < 4.78 is 4.67.